The van der Waals surface area contributed by atoms with Crippen LogP contribution in [0, 0.1) is 0 Å². The standard InChI is InChI=1S/C8H18.C2HF3O2/c1-3-5-7-8-6-4-2;3-2(4,5)1(6)7/h3-8H2,1-2H3;(H,6,7)/i/hD. The van der Waals surface area contributed by atoms with Gasteiger partial charge in [-0.15, -0.1) is 0 Å². The molecule has 15 heavy (non-hydrogen) atoms. The number of carboxylic acids is 1. The summed E-state index contributed by atoms with van der Waals surface area (Å²) in [4.78, 5) is 9.30. The summed E-state index contributed by atoms with van der Waals surface area (Å²) in [6.07, 6.45) is 3.45. The van der Waals surface area contributed by atoms with E-state index in [1.807, 2.05) is 0 Å². The number of hydrogen-bond acceptors (Lipinski definition) is 2. The van der Waals surface area contributed by atoms with Crippen molar-refractivity contribution in [2.24, 2.45) is 0 Å². The fraction of sp³-hybridized carbons (Fsp3) is 0.900. The molecule has 0 bridgehead atoms. The van der Waals surface area contributed by atoms with Crippen molar-refractivity contribution in [2.75, 3.05) is 0 Å². The zero-order chi connectivity index (χ0) is 13.0. The molecule has 2 nitrogen and oxygen atoms in total. The number of carbonyl (C=O) groups is 1. The van der Waals surface area contributed by atoms with E-state index in [9.17, 15) is 18.0 Å². The third-order valence-electron chi connectivity index (χ3n) is 1.69. The first-order chi connectivity index (χ1) is 7.40. The lowest BCUT2D eigenvalue weighted by molar-refractivity contribution is -0.192. The third kappa shape index (κ3) is 16.0. The average Bonchev–Trinajstić information content (AvgIpc) is 2.23. The Balaban J connectivity index is 0. The lowest BCUT2D eigenvalue weighted by Gasteiger charge is -1.93. The highest BCUT2D eigenvalue weighted by atomic mass is 19.4. The minimum atomic E-state index is -5.04. The number of rotatable bonds is 5. The van der Waals surface area contributed by atoms with Gasteiger partial charge in [0.2, 0.25) is 0 Å². The van der Waals surface area contributed by atoms with Crippen LogP contribution in [0.5, 0.6) is 0 Å². The molecule has 92 valence electrons. The highest BCUT2D eigenvalue weighted by Gasteiger charge is 2.38. The molecule has 0 heterocycles. The van der Waals surface area contributed by atoms with Crippen molar-refractivity contribution in [2.45, 2.75) is 58.5 Å². The van der Waals surface area contributed by atoms with Crippen LogP contribution in [0.4, 0.5) is 13.2 Å². The van der Waals surface area contributed by atoms with Gasteiger partial charge in [0.1, 0.15) is 0 Å². The molecular formula is C10H19F3O2. The quantitative estimate of drug-likeness (QED) is 0.723. The SMILES string of the molecule is CCCCCCCC.[2H]OC(=O)C(F)(F)F. The Bertz CT molecular complexity index is 166. The van der Waals surface area contributed by atoms with Crippen molar-refractivity contribution in [1.82, 2.24) is 0 Å². The van der Waals surface area contributed by atoms with E-state index in [-0.39, 0.29) is 0 Å². The lowest BCUT2D eigenvalue weighted by atomic mass is 10.1. The van der Waals surface area contributed by atoms with Gasteiger partial charge in [-0.1, -0.05) is 52.4 Å². The van der Waals surface area contributed by atoms with Crippen molar-refractivity contribution in [3.05, 3.63) is 0 Å². The van der Waals surface area contributed by atoms with Crippen LogP contribution in [0.25, 0.3) is 1.43 Å². The summed E-state index contributed by atoms with van der Waals surface area (Å²) in [5.74, 6) is -2.50. The first-order valence-electron chi connectivity index (χ1n) is 5.55. The van der Waals surface area contributed by atoms with Gasteiger partial charge in [-0.05, 0) is 0 Å². The van der Waals surface area contributed by atoms with E-state index >= 15 is 0 Å². The summed E-state index contributed by atoms with van der Waals surface area (Å²) in [6.45, 7) is 4.51. The maximum atomic E-state index is 10.9. The molecule has 0 radical (unpaired) electrons. The van der Waals surface area contributed by atoms with Gasteiger partial charge in [0.15, 0.2) is 0 Å². The summed E-state index contributed by atoms with van der Waals surface area (Å²) >= 11 is 0. The molecule has 0 unspecified atom stereocenters. The van der Waals surface area contributed by atoms with Crippen LogP contribution in [0.2, 0.25) is 0 Å². The molecule has 0 aromatic rings. The normalized spacial score (nSPS) is 11.1. The third-order valence-corrected chi connectivity index (χ3v) is 1.69. The Morgan fingerprint density at radius 2 is 1.53 bits per heavy atom. The number of unbranched alkanes of at least 4 members (excludes halogenated alkanes) is 5. The van der Waals surface area contributed by atoms with Gasteiger partial charge in [0.05, 0.1) is 0 Å². The van der Waals surface area contributed by atoms with Gasteiger partial charge in [-0.2, -0.15) is 13.2 Å². The van der Waals surface area contributed by atoms with Crippen LogP contribution in [0.1, 0.15) is 52.4 Å². The average molecular weight is 229 g/mol. The van der Waals surface area contributed by atoms with Crippen LogP contribution in [0.3, 0.4) is 0 Å². The molecule has 0 rings (SSSR count). The fourth-order valence-corrected chi connectivity index (χ4v) is 0.854. The zero-order valence-corrected chi connectivity index (χ0v) is 9.19. The van der Waals surface area contributed by atoms with E-state index in [1.54, 1.807) is 0 Å². The molecule has 5 heteroatoms. The predicted octanol–water partition coefficient (Wildman–Crippen LogP) is 4.00. The van der Waals surface area contributed by atoms with Crippen LogP contribution < -0.4 is 0 Å². The van der Waals surface area contributed by atoms with Crippen molar-refractivity contribution >= 4 is 5.97 Å². The van der Waals surface area contributed by atoms with Crippen molar-refractivity contribution in [1.29, 1.82) is 1.43 Å². The Morgan fingerprint density at radius 1 is 1.13 bits per heavy atom. The molecule has 0 aliphatic rings. The number of alkyl halides is 3. The summed E-state index contributed by atoms with van der Waals surface area (Å²) in [5, 5.41) is 2.60. The summed E-state index contributed by atoms with van der Waals surface area (Å²) in [5.41, 5.74) is 0. The molecule has 0 saturated heterocycles. The molecule has 0 fully saturated rings. The molecule has 0 spiro atoms. The van der Waals surface area contributed by atoms with E-state index in [4.69, 9.17) is 1.43 Å². The highest BCUT2D eigenvalue weighted by Crippen LogP contribution is 2.13. The second kappa shape index (κ2) is 9.80. The summed E-state index contributed by atoms with van der Waals surface area (Å²) in [6, 6.07) is 0. The van der Waals surface area contributed by atoms with Gasteiger partial charge in [-0.25, -0.2) is 4.79 Å². The molecule has 0 amide bonds. The molecule has 0 saturated carbocycles. The highest BCUT2D eigenvalue weighted by molar-refractivity contribution is 5.73. The Morgan fingerprint density at radius 3 is 1.67 bits per heavy atom. The Kier molecular flexibility index (Phi) is 9.32. The van der Waals surface area contributed by atoms with Gasteiger partial charge in [0, 0.05) is 0 Å². The van der Waals surface area contributed by atoms with E-state index < -0.39 is 12.1 Å². The molecule has 0 aliphatic carbocycles. The van der Waals surface area contributed by atoms with Crippen LogP contribution in [-0.2, 0) is 4.79 Å². The van der Waals surface area contributed by atoms with Crippen molar-refractivity contribution in [3.63, 3.8) is 0 Å². The summed E-state index contributed by atoms with van der Waals surface area (Å²) in [7, 11) is 0. The zero-order valence-electron chi connectivity index (χ0n) is 10.2. The maximum Gasteiger partial charge on any atom is 0.490 e. The molecule has 0 atom stereocenters. The smallest absolute Gasteiger partial charge is 0.475 e. The van der Waals surface area contributed by atoms with Gasteiger partial charge in [-0.3, -0.25) is 0 Å². The number of carboxylic acid groups (broad SMARTS) is 1. The number of aliphatic carboxylic acids is 1. The van der Waals surface area contributed by atoms with E-state index in [0.717, 1.165) is 0 Å². The molecular weight excluding hydrogens is 209 g/mol. The molecule has 0 aliphatic heterocycles. The fourth-order valence-electron chi connectivity index (χ4n) is 0.854. The molecule has 1 N–H and O–H groups in total. The first-order valence-corrected chi connectivity index (χ1v) is 5.14. The van der Waals surface area contributed by atoms with Crippen molar-refractivity contribution in [3.8, 4) is 0 Å². The summed E-state index contributed by atoms with van der Waals surface area (Å²) < 4.78 is 38.1. The van der Waals surface area contributed by atoms with Gasteiger partial charge >= 0.3 is 12.1 Å². The number of halogens is 3. The predicted molar refractivity (Wildman–Crippen MR) is 52.7 cm³/mol. The first kappa shape index (κ1) is 14.3. The topological polar surface area (TPSA) is 37.3 Å². The van der Waals surface area contributed by atoms with E-state index in [1.165, 1.54) is 38.5 Å². The number of hydrogen-bond donors (Lipinski definition) is 1. The maximum absolute atomic E-state index is 10.9. The molecule has 0 aromatic carbocycles. The van der Waals surface area contributed by atoms with Gasteiger partial charge < -0.3 is 5.11 Å². The monoisotopic (exact) mass is 229 g/mol. The molecule has 0 aromatic heterocycles. The van der Waals surface area contributed by atoms with E-state index in [2.05, 4.69) is 19.0 Å². The Labute approximate surface area is 90.0 Å². The van der Waals surface area contributed by atoms with Gasteiger partial charge in [0.25, 0.3) is 1.43 Å². The van der Waals surface area contributed by atoms with Crippen molar-refractivity contribution < 1.29 is 23.1 Å². The van der Waals surface area contributed by atoms with Crippen LogP contribution in [-0.4, -0.2) is 17.3 Å². The minimum Gasteiger partial charge on any atom is -0.475 e. The lowest BCUT2D eigenvalue weighted by Crippen LogP contribution is -2.21. The van der Waals surface area contributed by atoms with Crippen LogP contribution >= 0.6 is 0 Å². The second-order valence-corrected chi connectivity index (χ2v) is 3.20. The second-order valence-electron chi connectivity index (χ2n) is 3.20. The minimum absolute atomic E-state index is 1.36. The van der Waals surface area contributed by atoms with E-state index in [0.29, 0.717) is 0 Å². The van der Waals surface area contributed by atoms with Crippen LogP contribution in [0.15, 0.2) is 0 Å². The Hall–Kier alpha value is -0.740. The largest absolute Gasteiger partial charge is 0.490 e.